The minimum Gasteiger partial charge on any atom is -0.473 e. The molecule has 2 aliphatic rings. The van der Waals surface area contributed by atoms with Crippen molar-refractivity contribution in [1.29, 1.82) is 0 Å². The van der Waals surface area contributed by atoms with Crippen molar-refractivity contribution in [1.82, 2.24) is 19.2 Å². The molecule has 3 aromatic rings. The highest BCUT2D eigenvalue weighted by Crippen LogP contribution is 2.35. The molecule has 1 saturated carbocycles. The summed E-state index contributed by atoms with van der Waals surface area (Å²) in [4.78, 5) is 13.2. The highest BCUT2D eigenvalue weighted by Gasteiger charge is 2.28. The zero-order valence-electron chi connectivity index (χ0n) is 17.4. The van der Waals surface area contributed by atoms with Crippen LogP contribution < -0.4 is 10.1 Å². The van der Waals surface area contributed by atoms with Crippen LogP contribution in [-0.2, 0) is 4.74 Å². The number of hydrogen-bond acceptors (Lipinski definition) is 9. The Balaban J connectivity index is 1.31. The van der Waals surface area contributed by atoms with Crippen molar-refractivity contribution in [3.05, 3.63) is 22.7 Å². The van der Waals surface area contributed by atoms with Crippen molar-refractivity contribution in [3.8, 4) is 5.88 Å². The van der Waals surface area contributed by atoms with Gasteiger partial charge in [0, 0.05) is 24.0 Å². The van der Waals surface area contributed by atoms with Crippen LogP contribution in [0.5, 0.6) is 5.88 Å². The molecule has 0 radical (unpaired) electrons. The minimum absolute atomic E-state index is 0.210. The second-order valence-corrected chi connectivity index (χ2v) is 10.1. The van der Waals surface area contributed by atoms with Crippen molar-refractivity contribution in [2.24, 2.45) is 0 Å². The molecule has 3 aromatic heterocycles. The predicted octanol–water partition coefficient (Wildman–Crippen LogP) is 4.53. The van der Waals surface area contributed by atoms with E-state index in [2.05, 4.69) is 27.6 Å². The Kier molecular flexibility index (Phi) is 5.86. The lowest BCUT2D eigenvalue weighted by Gasteiger charge is -2.38. The predicted molar refractivity (Wildman–Crippen MR) is 121 cm³/mol. The number of aryl methyl sites for hydroxylation is 2. The molecular formula is C21H27N5O2S2. The van der Waals surface area contributed by atoms with Gasteiger partial charge < -0.3 is 14.8 Å². The van der Waals surface area contributed by atoms with Crippen molar-refractivity contribution >= 4 is 44.0 Å². The number of anilines is 2. The third-order valence-corrected chi connectivity index (χ3v) is 7.63. The molecule has 1 saturated heterocycles. The topological polar surface area (TPSA) is 72.4 Å². The van der Waals surface area contributed by atoms with Gasteiger partial charge in [-0.25, -0.2) is 4.98 Å². The molecule has 0 amide bonds. The molecule has 1 aliphatic carbocycles. The standard InChI is InChI=1S/C21H27N5O2S2/c1-13-11-18(30-25-13)23-21-22-17-12-14(2)29-19(17)20(24-21)28-16-5-3-15(4-6-16)26-7-9-27-10-8-26/h11-12,15-16H,3-10H2,1-2H3,(H,22,23,24)/t15-,16-. The monoisotopic (exact) mass is 445 g/mol. The highest BCUT2D eigenvalue weighted by molar-refractivity contribution is 7.19. The van der Waals surface area contributed by atoms with Crippen LogP contribution in [0.1, 0.15) is 36.3 Å². The fourth-order valence-electron chi connectivity index (χ4n) is 4.32. The molecule has 4 heterocycles. The number of morpholine rings is 1. The molecule has 9 heteroatoms. The SMILES string of the molecule is Cc1cc(Nc2nc(O[C@H]3CC[C@H](N4CCOCC4)CC3)c3sc(C)cc3n2)sn1. The Morgan fingerprint density at radius 3 is 2.63 bits per heavy atom. The third kappa shape index (κ3) is 4.44. The van der Waals surface area contributed by atoms with E-state index in [1.807, 2.05) is 13.0 Å². The van der Waals surface area contributed by atoms with E-state index in [4.69, 9.17) is 19.4 Å². The van der Waals surface area contributed by atoms with Crippen LogP contribution in [0.15, 0.2) is 12.1 Å². The number of nitrogens with zero attached hydrogens (tertiary/aromatic N) is 4. The molecular weight excluding hydrogens is 418 g/mol. The van der Waals surface area contributed by atoms with E-state index in [1.165, 1.54) is 29.3 Å². The quantitative estimate of drug-likeness (QED) is 0.618. The average Bonchev–Trinajstić information content (AvgIpc) is 3.34. The van der Waals surface area contributed by atoms with Gasteiger partial charge in [0.05, 0.1) is 24.4 Å². The van der Waals surface area contributed by atoms with Gasteiger partial charge in [0.15, 0.2) is 0 Å². The zero-order valence-corrected chi connectivity index (χ0v) is 19.0. The number of nitrogens with one attached hydrogen (secondary N) is 1. The number of hydrogen-bond donors (Lipinski definition) is 1. The van der Waals surface area contributed by atoms with Gasteiger partial charge in [0.25, 0.3) is 0 Å². The van der Waals surface area contributed by atoms with Crippen LogP contribution in [0.3, 0.4) is 0 Å². The van der Waals surface area contributed by atoms with E-state index in [9.17, 15) is 0 Å². The third-order valence-electron chi connectivity index (χ3n) is 5.81. The first kappa shape index (κ1) is 20.1. The van der Waals surface area contributed by atoms with Gasteiger partial charge in [-0.05, 0) is 63.2 Å². The first-order chi connectivity index (χ1) is 14.6. The molecule has 0 bridgehead atoms. The molecule has 7 nitrogen and oxygen atoms in total. The number of ether oxygens (including phenoxy) is 2. The van der Waals surface area contributed by atoms with Crippen LogP contribution in [0.2, 0.25) is 0 Å². The van der Waals surface area contributed by atoms with E-state index in [0.717, 1.165) is 60.1 Å². The van der Waals surface area contributed by atoms with E-state index in [1.54, 1.807) is 11.3 Å². The lowest BCUT2D eigenvalue weighted by molar-refractivity contribution is -0.00123. The van der Waals surface area contributed by atoms with Crippen LogP contribution in [0.25, 0.3) is 10.2 Å². The zero-order chi connectivity index (χ0) is 20.5. The fourth-order valence-corrected chi connectivity index (χ4v) is 5.86. The summed E-state index contributed by atoms with van der Waals surface area (Å²) in [6.07, 6.45) is 4.69. The van der Waals surface area contributed by atoms with Crippen molar-refractivity contribution in [3.63, 3.8) is 0 Å². The Hall–Kier alpha value is -1.81. The molecule has 0 atom stereocenters. The van der Waals surface area contributed by atoms with E-state index in [0.29, 0.717) is 17.9 Å². The molecule has 1 N–H and O–H groups in total. The molecule has 0 spiro atoms. The maximum absolute atomic E-state index is 6.47. The van der Waals surface area contributed by atoms with Crippen molar-refractivity contribution in [2.45, 2.75) is 51.7 Å². The first-order valence-electron chi connectivity index (χ1n) is 10.6. The Labute approximate surface area is 184 Å². The fraction of sp³-hybridized carbons (Fsp3) is 0.571. The maximum Gasteiger partial charge on any atom is 0.236 e. The largest absolute Gasteiger partial charge is 0.473 e. The van der Waals surface area contributed by atoms with E-state index < -0.39 is 0 Å². The number of thiophene rings is 1. The minimum atomic E-state index is 0.210. The summed E-state index contributed by atoms with van der Waals surface area (Å²) in [5.74, 6) is 1.28. The summed E-state index contributed by atoms with van der Waals surface area (Å²) in [5.41, 5.74) is 1.93. The second kappa shape index (κ2) is 8.74. The Morgan fingerprint density at radius 2 is 1.90 bits per heavy atom. The van der Waals surface area contributed by atoms with E-state index in [-0.39, 0.29) is 6.10 Å². The molecule has 30 heavy (non-hydrogen) atoms. The summed E-state index contributed by atoms with van der Waals surface area (Å²) in [6, 6.07) is 4.77. The van der Waals surface area contributed by atoms with Gasteiger partial charge in [-0.3, -0.25) is 4.90 Å². The number of fused-ring (bicyclic) bond motifs is 1. The summed E-state index contributed by atoms with van der Waals surface area (Å²) < 4.78 is 17.3. The van der Waals surface area contributed by atoms with Gasteiger partial charge in [-0.2, -0.15) is 9.36 Å². The Morgan fingerprint density at radius 1 is 1.10 bits per heavy atom. The van der Waals surface area contributed by atoms with Gasteiger partial charge in [-0.15, -0.1) is 11.3 Å². The molecule has 2 fully saturated rings. The lowest BCUT2D eigenvalue weighted by atomic mass is 9.91. The molecule has 0 aromatic carbocycles. The first-order valence-corrected chi connectivity index (χ1v) is 12.2. The number of aromatic nitrogens is 3. The number of rotatable bonds is 5. The molecule has 5 rings (SSSR count). The van der Waals surface area contributed by atoms with Crippen LogP contribution >= 0.6 is 22.9 Å². The van der Waals surface area contributed by atoms with Crippen LogP contribution in [0, 0.1) is 13.8 Å². The highest BCUT2D eigenvalue weighted by atomic mass is 32.1. The summed E-state index contributed by atoms with van der Waals surface area (Å²) in [5, 5.41) is 4.23. The Bertz CT molecular complexity index is 1010. The maximum atomic E-state index is 6.47. The van der Waals surface area contributed by atoms with Crippen LogP contribution in [-0.4, -0.2) is 57.7 Å². The van der Waals surface area contributed by atoms with Crippen molar-refractivity contribution in [2.75, 3.05) is 31.6 Å². The summed E-state index contributed by atoms with van der Waals surface area (Å²) >= 11 is 3.12. The summed E-state index contributed by atoms with van der Waals surface area (Å²) in [6.45, 7) is 7.93. The molecule has 160 valence electrons. The van der Waals surface area contributed by atoms with Gasteiger partial charge in [0.2, 0.25) is 11.8 Å². The van der Waals surface area contributed by atoms with Gasteiger partial charge in [0.1, 0.15) is 15.8 Å². The summed E-state index contributed by atoms with van der Waals surface area (Å²) in [7, 11) is 0. The average molecular weight is 446 g/mol. The van der Waals surface area contributed by atoms with Gasteiger partial charge in [-0.1, -0.05) is 0 Å². The normalized spacial score (nSPS) is 23.0. The van der Waals surface area contributed by atoms with E-state index >= 15 is 0 Å². The molecule has 0 unspecified atom stereocenters. The van der Waals surface area contributed by atoms with Crippen LogP contribution in [0.4, 0.5) is 10.9 Å². The lowest BCUT2D eigenvalue weighted by Crippen LogP contribution is -2.46. The van der Waals surface area contributed by atoms with Crippen molar-refractivity contribution < 1.29 is 9.47 Å². The smallest absolute Gasteiger partial charge is 0.236 e. The molecule has 1 aliphatic heterocycles. The second-order valence-electron chi connectivity index (χ2n) is 8.08. The van der Waals surface area contributed by atoms with Gasteiger partial charge >= 0.3 is 0 Å².